The summed E-state index contributed by atoms with van der Waals surface area (Å²) >= 11 is 1.24. The molecule has 6 nitrogen and oxygen atoms in total. The number of nitrogens with zero attached hydrogens (tertiary/aromatic N) is 3. The molecule has 0 N–H and O–H groups in total. The molecule has 1 amide bonds. The van der Waals surface area contributed by atoms with Crippen LogP contribution < -0.4 is 0 Å². The Morgan fingerprint density at radius 2 is 1.92 bits per heavy atom. The zero-order valence-corrected chi connectivity index (χ0v) is 20.8. The van der Waals surface area contributed by atoms with Gasteiger partial charge in [-0.2, -0.15) is 13.2 Å². The number of hydrogen-bond acceptors (Lipinski definition) is 5. The van der Waals surface area contributed by atoms with E-state index < -0.39 is 23.6 Å². The SMILES string of the molecule is COC(=O)CN(CCn1ccc2ccccc21)C(=O)c1nc(C2CC2)sc1-c1cccc(C(F)(F)F)c1. The van der Waals surface area contributed by atoms with Gasteiger partial charge in [-0.05, 0) is 48.1 Å². The van der Waals surface area contributed by atoms with E-state index in [1.54, 1.807) is 6.07 Å². The number of thiazole rings is 1. The molecule has 1 aliphatic carbocycles. The van der Waals surface area contributed by atoms with Crippen LogP contribution in [0, 0.1) is 0 Å². The van der Waals surface area contributed by atoms with E-state index in [0.717, 1.165) is 40.9 Å². The number of carbonyl (C=O) groups excluding carboxylic acids is 2. The Kier molecular flexibility index (Phi) is 6.76. The van der Waals surface area contributed by atoms with Crippen molar-refractivity contribution in [1.29, 1.82) is 0 Å². The van der Waals surface area contributed by atoms with Gasteiger partial charge < -0.3 is 14.2 Å². The van der Waals surface area contributed by atoms with Gasteiger partial charge in [0, 0.05) is 30.7 Å². The van der Waals surface area contributed by atoms with E-state index in [9.17, 15) is 22.8 Å². The summed E-state index contributed by atoms with van der Waals surface area (Å²) in [5.74, 6) is -0.905. The Hall–Kier alpha value is -3.66. The first-order chi connectivity index (χ1) is 17.7. The first kappa shape index (κ1) is 25.0. The van der Waals surface area contributed by atoms with Crippen molar-refractivity contribution in [2.75, 3.05) is 20.2 Å². The maximum Gasteiger partial charge on any atom is 0.416 e. The summed E-state index contributed by atoms with van der Waals surface area (Å²) in [6.45, 7) is 0.298. The molecule has 0 spiro atoms. The number of alkyl halides is 3. The molecule has 2 heterocycles. The van der Waals surface area contributed by atoms with Crippen LogP contribution in [0.15, 0.2) is 60.8 Å². The van der Waals surface area contributed by atoms with Crippen molar-refractivity contribution in [3.63, 3.8) is 0 Å². The van der Waals surface area contributed by atoms with Gasteiger partial charge in [0.2, 0.25) is 0 Å². The van der Waals surface area contributed by atoms with E-state index >= 15 is 0 Å². The molecule has 5 rings (SSSR count). The van der Waals surface area contributed by atoms with Gasteiger partial charge in [-0.25, -0.2) is 4.98 Å². The smallest absolute Gasteiger partial charge is 0.416 e. The van der Waals surface area contributed by atoms with E-state index in [1.807, 2.05) is 41.1 Å². The maximum absolute atomic E-state index is 13.8. The average Bonchev–Trinajstić information content (AvgIpc) is 3.51. The molecule has 10 heteroatoms. The van der Waals surface area contributed by atoms with E-state index in [4.69, 9.17) is 4.74 Å². The van der Waals surface area contributed by atoms with Crippen molar-refractivity contribution in [2.24, 2.45) is 0 Å². The van der Waals surface area contributed by atoms with Crippen molar-refractivity contribution >= 4 is 34.1 Å². The highest BCUT2D eigenvalue weighted by Gasteiger charge is 2.34. The molecule has 0 saturated heterocycles. The topological polar surface area (TPSA) is 64.4 Å². The molecule has 0 unspecified atom stereocenters. The molecule has 2 aromatic carbocycles. The van der Waals surface area contributed by atoms with Gasteiger partial charge in [0.15, 0.2) is 0 Å². The molecule has 1 aliphatic rings. The molecule has 1 saturated carbocycles. The highest BCUT2D eigenvalue weighted by atomic mass is 32.1. The zero-order valence-electron chi connectivity index (χ0n) is 20.0. The summed E-state index contributed by atoms with van der Waals surface area (Å²) in [6.07, 6.45) is -0.750. The number of esters is 1. The van der Waals surface area contributed by atoms with Gasteiger partial charge in [-0.3, -0.25) is 9.59 Å². The second kappa shape index (κ2) is 10.0. The lowest BCUT2D eigenvalue weighted by Gasteiger charge is -2.22. The average molecular weight is 528 g/mol. The monoisotopic (exact) mass is 527 g/mol. The maximum atomic E-state index is 13.8. The lowest BCUT2D eigenvalue weighted by molar-refractivity contribution is -0.141. The normalized spacial score (nSPS) is 13.6. The Labute approximate surface area is 215 Å². The van der Waals surface area contributed by atoms with Crippen LogP contribution in [0.3, 0.4) is 0 Å². The molecule has 37 heavy (non-hydrogen) atoms. The fourth-order valence-corrected chi connectivity index (χ4v) is 5.43. The molecular weight excluding hydrogens is 503 g/mol. The molecule has 0 atom stereocenters. The number of rotatable bonds is 8. The van der Waals surface area contributed by atoms with Crippen molar-refractivity contribution in [1.82, 2.24) is 14.5 Å². The molecule has 192 valence electrons. The van der Waals surface area contributed by atoms with Gasteiger partial charge in [0.1, 0.15) is 12.2 Å². The summed E-state index contributed by atoms with van der Waals surface area (Å²) in [5.41, 5.74) is 0.530. The Morgan fingerprint density at radius 1 is 1.14 bits per heavy atom. The van der Waals surface area contributed by atoms with Crippen molar-refractivity contribution < 1.29 is 27.5 Å². The van der Waals surface area contributed by atoms with E-state index in [0.29, 0.717) is 11.4 Å². The van der Waals surface area contributed by atoms with Crippen LogP contribution >= 0.6 is 11.3 Å². The largest absolute Gasteiger partial charge is 0.468 e. The van der Waals surface area contributed by atoms with E-state index in [1.165, 1.54) is 29.4 Å². The van der Waals surface area contributed by atoms with Crippen LogP contribution in [0.2, 0.25) is 0 Å². The fraction of sp³-hybridized carbons (Fsp3) is 0.296. The minimum absolute atomic E-state index is 0.0625. The third kappa shape index (κ3) is 5.39. The van der Waals surface area contributed by atoms with Gasteiger partial charge in [0.05, 0.1) is 22.6 Å². The first-order valence-electron chi connectivity index (χ1n) is 11.8. The molecule has 4 aromatic rings. The quantitative estimate of drug-likeness (QED) is 0.265. The molecule has 0 aliphatic heterocycles. The summed E-state index contributed by atoms with van der Waals surface area (Å²) in [5, 5.41) is 1.78. The number of hydrogen-bond donors (Lipinski definition) is 0. The number of ether oxygens (including phenoxy) is 1. The van der Waals surface area contributed by atoms with E-state index in [2.05, 4.69) is 4.98 Å². The van der Waals surface area contributed by atoms with Gasteiger partial charge >= 0.3 is 12.1 Å². The zero-order chi connectivity index (χ0) is 26.2. The molecule has 2 aromatic heterocycles. The second-order valence-electron chi connectivity index (χ2n) is 8.95. The predicted octanol–water partition coefficient (Wildman–Crippen LogP) is 5.98. The lowest BCUT2D eigenvalue weighted by atomic mass is 10.1. The number of para-hydroxylation sites is 1. The Balaban J connectivity index is 1.48. The Bertz CT molecular complexity index is 1460. The summed E-state index contributed by atoms with van der Waals surface area (Å²) in [4.78, 5) is 32.3. The lowest BCUT2D eigenvalue weighted by Crippen LogP contribution is -2.38. The number of amides is 1. The number of carbonyl (C=O) groups is 2. The predicted molar refractivity (Wildman–Crippen MR) is 134 cm³/mol. The minimum atomic E-state index is -4.51. The van der Waals surface area contributed by atoms with Crippen LogP contribution in [0.25, 0.3) is 21.3 Å². The number of halogens is 3. The van der Waals surface area contributed by atoms with Gasteiger partial charge in [0.25, 0.3) is 5.91 Å². The van der Waals surface area contributed by atoms with Crippen molar-refractivity contribution in [3.05, 3.63) is 77.1 Å². The van der Waals surface area contributed by atoms with Crippen molar-refractivity contribution in [3.8, 4) is 10.4 Å². The van der Waals surface area contributed by atoms with Crippen LogP contribution in [0.4, 0.5) is 13.2 Å². The van der Waals surface area contributed by atoms with Gasteiger partial charge in [-0.1, -0.05) is 30.3 Å². The summed E-state index contributed by atoms with van der Waals surface area (Å²) in [6, 6.07) is 14.7. The molecule has 0 bridgehead atoms. The number of fused-ring (bicyclic) bond motifs is 1. The summed E-state index contributed by atoms with van der Waals surface area (Å²) < 4.78 is 47.0. The van der Waals surface area contributed by atoms with Crippen molar-refractivity contribution in [2.45, 2.75) is 31.5 Å². The number of aromatic nitrogens is 2. The summed E-state index contributed by atoms with van der Waals surface area (Å²) in [7, 11) is 1.24. The molecule has 0 radical (unpaired) electrons. The Morgan fingerprint density at radius 3 is 2.65 bits per heavy atom. The number of methoxy groups -OCH3 is 1. The third-order valence-corrected chi connectivity index (χ3v) is 7.62. The first-order valence-corrected chi connectivity index (χ1v) is 12.6. The van der Waals surface area contributed by atoms with Gasteiger partial charge in [-0.15, -0.1) is 11.3 Å². The standard InChI is InChI=1S/C27H24F3N3O3S/c1-36-22(34)16-33(14-13-32-12-11-17-5-2-3-8-21(17)32)26(35)23-24(37-25(31-23)18-9-10-18)19-6-4-7-20(15-19)27(28,29)30/h2-8,11-12,15,18H,9-10,13-14,16H2,1H3. The van der Waals surface area contributed by atoms with E-state index in [-0.39, 0.29) is 30.3 Å². The molecular formula is C27H24F3N3O3S. The van der Waals surface area contributed by atoms with Crippen LogP contribution in [-0.2, 0) is 22.3 Å². The molecule has 1 fully saturated rings. The number of benzene rings is 2. The van der Waals surface area contributed by atoms with Crippen LogP contribution in [-0.4, -0.2) is 46.5 Å². The minimum Gasteiger partial charge on any atom is -0.468 e. The highest BCUT2D eigenvalue weighted by Crippen LogP contribution is 2.45. The highest BCUT2D eigenvalue weighted by molar-refractivity contribution is 7.15. The van der Waals surface area contributed by atoms with Crippen LogP contribution in [0.1, 0.15) is 39.8 Å². The third-order valence-electron chi connectivity index (χ3n) is 6.35. The van der Waals surface area contributed by atoms with Crippen LogP contribution in [0.5, 0.6) is 0 Å². The second-order valence-corrected chi connectivity index (χ2v) is 9.98. The fourth-order valence-electron chi connectivity index (χ4n) is 4.21.